The highest BCUT2D eigenvalue weighted by Gasteiger charge is 2.38. The van der Waals surface area contributed by atoms with Gasteiger partial charge in [-0.15, -0.1) is 12.4 Å². The predicted molar refractivity (Wildman–Crippen MR) is 109 cm³/mol. The zero-order valence-corrected chi connectivity index (χ0v) is 18.0. The molecule has 1 atom stereocenters. The highest BCUT2D eigenvalue weighted by molar-refractivity contribution is 7.92. The van der Waals surface area contributed by atoms with Crippen molar-refractivity contribution in [3.63, 3.8) is 0 Å². The SMILES string of the molecule is CN(C)CCNC(=O)N1CCCC(S(=O)(=O)c2cccc(Cl)c2[N+](=O)[O-])C1.Cl. The molecule has 2 amide bonds. The van der Waals surface area contributed by atoms with Gasteiger partial charge in [0.2, 0.25) is 0 Å². The van der Waals surface area contributed by atoms with Gasteiger partial charge in [-0.2, -0.15) is 0 Å². The summed E-state index contributed by atoms with van der Waals surface area (Å²) in [5.74, 6) is 0. The average molecular weight is 455 g/mol. The van der Waals surface area contributed by atoms with Crippen molar-refractivity contribution in [2.45, 2.75) is 23.0 Å². The molecule has 1 saturated heterocycles. The summed E-state index contributed by atoms with van der Waals surface area (Å²) in [4.78, 5) is 25.8. The lowest BCUT2D eigenvalue weighted by molar-refractivity contribution is -0.387. The summed E-state index contributed by atoms with van der Waals surface area (Å²) in [6.45, 7) is 1.53. The number of nitro groups is 1. The molecule has 2 rings (SSSR count). The Morgan fingerprint density at radius 2 is 2.11 bits per heavy atom. The zero-order valence-electron chi connectivity index (χ0n) is 15.6. The maximum absolute atomic E-state index is 13.0. The Morgan fingerprint density at radius 3 is 2.71 bits per heavy atom. The van der Waals surface area contributed by atoms with Crippen LogP contribution in [0.25, 0.3) is 0 Å². The van der Waals surface area contributed by atoms with Crippen molar-refractivity contribution >= 4 is 45.6 Å². The number of carbonyl (C=O) groups excluding carboxylic acids is 1. The molecule has 1 aliphatic heterocycles. The lowest BCUT2D eigenvalue weighted by atomic mass is 10.1. The van der Waals surface area contributed by atoms with Crippen LogP contribution in [0.5, 0.6) is 0 Å². The Hall–Kier alpha value is -1.62. The van der Waals surface area contributed by atoms with Crippen molar-refractivity contribution in [1.82, 2.24) is 15.1 Å². The molecule has 1 aromatic rings. The van der Waals surface area contributed by atoms with E-state index >= 15 is 0 Å². The number of nitrogens with one attached hydrogen (secondary N) is 1. The fraction of sp³-hybridized carbons (Fsp3) is 0.562. The maximum Gasteiger partial charge on any atom is 0.317 e. The van der Waals surface area contributed by atoms with E-state index in [0.29, 0.717) is 32.5 Å². The van der Waals surface area contributed by atoms with Crippen molar-refractivity contribution in [2.75, 3.05) is 40.3 Å². The van der Waals surface area contributed by atoms with Crippen molar-refractivity contribution < 1.29 is 18.1 Å². The second-order valence-corrected chi connectivity index (χ2v) is 9.24. The first-order valence-corrected chi connectivity index (χ1v) is 10.4. The number of benzene rings is 1. The molecule has 1 N–H and O–H groups in total. The van der Waals surface area contributed by atoms with Gasteiger partial charge in [0.15, 0.2) is 9.84 Å². The number of halogens is 2. The Balaban J connectivity index is 0.00000392. The van der Waals surface area contributed by atoms with Gasteiger partial charge in [0.25, 0.3) is 0 Å². The second kappa shape index (κ2) is 10.2. The predicted octanol–water partition coefficient (Wildman–Crippen LogP) is 2.18. The van der Waals surface area contributed by atoms with E-state index in [4.69, 9.17) is 11.6 Å². The van der Waals surface area contributed by atoms with E-state index in [-0.39, 0.29) is 30.0 Å². The van der Waals surface area contributed by atoms with Gasteiger partial charge in [-0.05, 0) is 39.1 Å². The molecule has 1 aliphatic rings. The summed E-state index contributed by atoms with van der Waals surface area (Å²) < 4.78 is 26.0. The number of piperidine rings is 1. The molecular weight excluding hydrogens is 431 g/mol. The molecule has 12 heteroatoms. The van der Waals surface area contributed by atoms with Gasteiger partial charge in [0, 0.05) is 26.2 Å². The van der Waals surface area contributed by atoms with Gasteiger partial charge in [-0.1, -0.05) is 17.7 Å². The minimum atomic E-state index is -4.02. The molecular formula is C16H24Cl2N4O5S. The molecule has 0 radical (unpaired) electrons. The third-order valence-electron chi connectivity index (χ3n) is 4.38. The first kappa shape index (κ1) is 24.4. The highest BCUT2D eigenvalue weighted by Crippen LogP contribution is 2.35. The number of para-hydroxylation sites is 1. The number of nitrogens with zero attached hydrogens (tertiary/aromatic N) is 3. The highest BCUT2D eigenvalue weighted by atomic mass is 35.5. The first-order valence-electron chi connectivity index (χ1n) is 8.49. The maximum atomic E-state index is 13.0. The van der Waals surface area contributed by atoms with Crippen molar-refractivity contribution in [1.29, 1.82) is 0 Å². The van der Waals surface area contributed by atoms with E-state index in [1.54, 1.807) is 0 Å². The van der Waals surface area contributed by atoms with Crippen molar-refractivity contribution in [2.24, 2.45) is 0 Å². The van der Waals surface area contributed by atoms with Crippen LogP contribution in [0.3, 0.4) is 0 Å². The lowest BCUT2D eigenvalue weighted by Crippen LogP contribution is -2.50. The molecule has 1 fully saturated rings. The number of nitro benzene ring substituents is 1. The Labute approximate surface area is 175 Å². The van der Waals surface area contributed by atoms with Gasteiger partial charge in [0.1, 0.15) is 9.92 Å². The van der Waals surface area contributed by atoms with E-state index < -0.39 is 30.6 Å². The van der Waals surface area contributed by atoms with Gasteiger partial charge < -0.3 is 15.1 Å². The van der Waals surface area contributed by atoms with E-state index in [9.17, 15) is 23.3 Å². The Kier molecular flexibility index (Phi) is 8.93. The first-order chi connectivity index (χ1) is 12.6. The van der Waals surface area contributed by atoms with Crippen LogP contribution in [0.1, 0.15) is 12.8 Å². The number of amides is 2. The summed E-state index contributed by atoms with van der Waals surface area (Å²) in [6.07, 6.45) is 0.826. The molecule has 9 nitrogen and oxygen atoms in total. The second-order valence-electron chi connectivity index (χ2n) is 6.63. The molecule has 28 heavy (non-hydrogen) atoms. The summed E-state index contributed by atoms with van der Waals surface area (Å²) in [5.41, 5.74) is -0.619. The standard InChI is InChI=1S/C16H23ClN4O5S.ClH/c1-19(2)10-8-18-16(22)20-9-4-5-12(11-20)27(25,26)14-7-3-6-13(17)15(14)21(23)24;/h3,6-7,12H,4-5,8-11H2,1-2H3,(H,18,22);1H. The third-order valence-corrected chi connectivity index (χ3v) is 6.89. The number of urea groups is 1. The monoisotopic (exact) mass is 454 g/mol. The van der Waals surface area contributed by atoms with E-state index in [1.807, 2.05) is 19.0 Å². The van der Waals surface area contributed by atoms with Gasteiger partial charge in [-0.25, -0.2) is 13.2 Å². The Morgan fingerprint density at radius 1 is 1.43 bits per heavy atom. The molecule has 0 aliphatic carbocycles. The van der Waals surface area contributed by atoms with Gasteiger partial charge in [-0.3, -0.25) is 10.1 Å². The van der Waals surface area contributed by atoms with Crippen molar-refractivity contribution in [3.8, 4) is 0 Å². The Bertz CT molecular complexity index is 819. The molecule has 0 bridgehead atoms. The van der Waals surface area contributed by atoms with Crippen LogP contribution in [0.4, 0.5) is 10.5 Å². The molecule has 1 heterocycles. The zero-order chi connectivity index (χ0) is 20.2. The number of sulfone groups is 1. The van der Waals surface area contributed by atoms with Gasteiger partial charge >= 0.3 is 11.7 Å². The molecule has 158 valence electrons. The molecule has 1 unspecified atom stereocenters. The van der Waals surface area contributed by atoms with Crippen LogP contribution in [0.2, 0.25) is 5.02 Å². The minimum Gasteiger partial charge on any atom is -0.337 e. The average Bonchev–Trinajstić information content (AvgIpc) is 2.60. The molecule has 0 spiro atoms. The van der Waals surface area contributed by atoms with Crippen LogP contribution < -0.4 is 5.32 Å². The van der Waals surface area contributed by atoms with Crippen LogP contribution in [0.15, 0.2) is 23.1 Å². The quantitative estimate of drug-likeness (QED) is 0.520. The fourth-order valence-electron chi connectivity index (χ4n) is 2.96. The third kappa shape index (κ3) is 5.69. The normalized spacial score (nSPS) is 17.1. The van der Waals surface area contributed by atoms with E-state index in [1.165, 1.54) is 23.1 Å². The van der Waals surface area contributed by atoms with E-state index in [2.05, 4.69) is 5.32 Å². The number of hydrogen-bond donors (Lipinski definition) is 1. The summed E-state index contributed by atoms with van der Waals surface area (Å²) >= 11 is 5.85. The smallest absolute Gasteiger partial charge is 0.317 e. The summed E-state index contributed by atoms with van der Waals surface area (Å²) in [5, 5.41) is 12.9. The van der Waals surface area contributed by atoms with Crippen LogP contribution in [0, 0.1) is 10.1 Å². The largest absolute Gasteiger partial charge is 0.337 e. The number of likely N-dealkylation sites (N-methyl/N-ethyl adjacent to an activating group) is 1. The van der Waals surface area contributed by atoms with Crippen molar-refractivity contribution in [3.05, 3.63) is 33.3 Å². The fourth-order valence-corrected chi connectivity index (χ4v) is 5.19. The van der Waals surface area contributed by atoms with Crippen LogP contribution in [-0.2, 0) is 9.84 Å². The van der Waals surface area contributed by atoms with Gasteiger partial charge in [0.05, 0.1) is 10.2 Å². The number of carbonyl (C=O) groups is 1. The number of likely N-dealkylation sites (tertiary alicyclic amines) is 1. The van der Waals surface area contributed by atoms with E-state index in [0.717, 1.165) is 0 Å². The minimum absolute atomic E-state index is 0. The number of rotatable bonds is 6. The molecule has 0 aromatic heterocycles. The summed E-state index contributed by atoms with van der Waals surface area (Å²) in [7, 11) is -0.252. The van der Waals surface area contributed by atoms with Crippen LogP contribution in [-0.4, -0.2) is 74.7 Å². The number of hydrogen-bond acceptors (Lipinski definition) is 6. The molecule has 0 saturated carbocycles. The summed E-state index contributed by atoms with van der Waals surface area (Å²) in [6, 6.07) is 3.51. The lowest BCUT2D eigenvalue weighted by Gasteiger charge is -2.32. The topological polar surface area (TPSA) is 113 Å². The van der Waals surface area contributed by atoms with Crippen LogP contribution >= 0.6 is 24.0 Å². The molecule has 1 aromatic carbocycles.